The molecular weight excluding hydrogens is 761 g/mol. The summed E-state index contributed by atoms with van der Waals surface area (Å²) in [6.07, 6.45) is 8.05. The van der Waals surface area contributed by atoms with E-state index in [1.54, 1.807) is 121 Å². The zero-order valence-corrected chi connectivity index (χ0v) is 31.8. The second-order valence-corrected chi connectivity index (χ2v) is 12.6. The molecule has 0 spiro atoms. The van der Waals surface area contributed by atoms with Gasteiger partial charge in [0.25, 0.3) is 0 Å². The van der Waals surface area contributed by atoms with Crippen LogP contribution in [-0.4, -0.2) is 64.2 Å². The van der Waals surface area contributed by atoms with Crippen molar-refractivity contribution in [2.75, 3.05) is 0 Å². The molecule has 0 atom stereocenters. The third-order valence-corrected chi connectivity index (χ3v) is 8.12. The molecule has 0 amide bonds. The monoisotopic (exact) mass is 798 g/mol. The first kappa shape index (κ1) is 42.5. The first-order chi connectivity index (χ1) is 29.0. The predicted octanol–water partition coefficient (Wildman–Crippen LogP) is 10.2. The summed E-state index contributed by atoms with van der Waals surface area (Å²) in [5.41, 5.74) is 9.18. The van der Waals surface area contributed by atoms with E-state index in [2.05, 4.69) is 50.3 Å². The van der Waals surface area contributed by atoms with Crippen LogP contribution >= 0.6 is 0 Å². The molecule has 8 bridgehead atoms. The van der Waals surface area contributed by atoms with Gasteiger partial charge in [0.2, 0.25) is 0 Å². The zero-order valence-electron chi connectivity index (χ0n) is 31.8. The highest BCUT2D eigenvalue weighted by atomic mass is 16.4. The van der Waals surface area contributed by atoms with Gasteiger partial charge in [-0.2, -0.15) is 0 Å². The van der Waals surface area contributed by atoms with Crippen LogP contribution in [0.2, 0.25) is 0 Å². The number of aromatic nitrogens is 4. The summed E-state index contributed by atoms with van der Waals surface area (Å²) in [6, 6.07) is 49.6. The second kappa shape index (κ2) is 21.6. The third-order valence-electron chi connectivity index (χ3n) is 8.12. The van der Waals surface area contributed by atoms with Gasteiger partial charge in [0, 0.05) is 22.1 Å². The first-order valence-electron chi connectivity index (χ1n) is 18.2. The summed E-state index contributed by atoms with van der Waals surface area (Å²) in [7, 11) is 0. The Balaban J connectivity index is 0.000000158. The van der Waals surface area contributed by atoms with Crippen LogP contribution in [0, 0.1) is 0 Å². The van der Waals surface area contributed by atoms with E-state index in [-0.39, 0.29) is 0 Å². The molecule has 3 aromatic heterocycles. The Morgan fingerprint density at radius 2 is 0.550 bits per heavy atom. The standard InChI is InChI=1S/C20H14N4.4C7H6O2/c1-2-14-10-16-5-6-18(23-16)12-20-8-7-19(24-20)11-17-4-3-15(22-17)9-13(1)21-14;4*8-7(9)6-4-2-1-3-5-6/h1-12,21-22H;4*1-5H,(H,8,9). The molecule has 2 aliphatic rings. The molecule has 9 rings (SSSR count). The fourth-order valence-corrected chi connectivity index (χ4v) is 5.27. The van der Waals surface area contributed by atoms with Crippen LogP contribution in [0.1, 0.15) is 64.2 Å². The minimum atomic E-state index is -0.879. The van der Waals surface area contributed by atoms with Crippen LogP contribution in [-0.2, 0) is 0 Å². The van der Waals surface area contributed by atoms with E-state index in [0.717, 1.165) is 44.8 Å². The minimum absolute atomic E-state index is 0.331. The number of benzene rings is 4. The minimum Gasteiger partial charge on any atom is -0.478 e. The Morgan fingerprint density at radius 3 is 0.783 bits per heavy atom. The Hall–Kier alpha value is -8.64. The molecular formula is C48H38N4O8. The number of carboxylic acids is 4. The van der Waals surface area contributed by atoms with E-state index in [9.17, 15) is 19.2 Å². The number of H-pyrrole nitrogens is 2. The maximum atomic E-state index is 10.2. The van der Waals surface area contributed by atoms with Gasteiger partial charge in [-0.15, -0.1) is 0 Å². The van der Waals surface area contributed by atoms with Gasteiger partial charge in [-0.3, -0.25) is 0 Å². The van der Waals surface area contributed by atoms with Gasteiger partial charge in [-0.1, -0.05) is 72.8 Å². The second-order valence-electron chi connectivity index (χ2n) is 12.6. The average Bonchev–Trinajstić information content (AvgIpc) is 4.11. The third kappa shape index (κ3) is 13.8. The van der Waals surface area contributed by atoms with Crippen LogP contribution in [0.15, 0.2) is 170 Å². The summed E-state index contributed by atoms with van der Waals surface area (Å²) < 4.78 is 0. The molecule has 298 valence electrons. The molecule has 60 heavy (non-hydrogen) atoms. The smallest absolute Gasteiger partial charge is 0.335 e. The molecule has 0 saturated carbocycles. The summed E-state index contributed by atoms with van der Waals surface area (Å²) >= 11 is 0. The van der Waals surface area contributed by atoms with Crippen molar-refractivity contribution >= 4 is 70.2 Å². The van der Waals surface area contributed by atoms with Gasteiger partial charge in [-0.25, -0.2) is 29.1 Å². The Kier molecular flexibility index (Phi) is 15.3. The number of nitrogens with one attached hydrogen (secondary N) is 2. The van der Waals surface area contributed by atoms with Gasteiger partial charge < -0.3 is 30.4 Å². The topological polar surface area (TPSA) is 207 Å². The average molecular weight is 799 g/mol. The molecule has 0 radical (unpaired) electrons. The van der Waals surface area contributed by atoms with Crippen LogP contribution in [0.25, 0.3) is 46.4 Å². The van der Waals surface area contributed by atoms with Crippen LogP contribution < -0.4 is 0 Å². The summed E-state index contributed by atoms with van der Waals surface area (Å²) in [6.45, 7) is 0. The highest BCUT2D eigenvalue weighted by Gasteiger charge is 2.03. The van der Waals surface area contributed by atoms with Crippen molar-refractivity contribution in [2.45, 2.75) is 0 Å². The lowest BCUT2D eigenvalue weighted by molar-refractivity contribution is 0.0686. The van der Waals surface area contributed by atoms with Gasteiger partial charge >= 0.3 is 23.9 Å². The zero-order chi connectivity index (χ0) is 42.7. The van der Waals surface area contributed by atoms with E-state index in [1.165, 1.54) is 0 Å². The van der Waals surface area contributed by atoms with Crippen LogP contribution in [0.3, 0.4) is 0 Å². The lowest BCUT2D eigenvalue weighted by Gasteiger charge is -1.88. The SMILES string of the molecule is C1=Cc2cc3ccc(cc4ccc(cc5nc(cc1n2)C=C5)[nH]4)[nH]3.O=C(O)c1ccccc1.O=C(O)c1ccccc1.O=C(O)c1ccccc1.O=C(O)c1ccccc1. The number of hydrogen-bond acceptors (Lipinski definition) is 6. The van der Waals surface area contributed by atoms with Crippen molar-refractivity contribution in [2.24, 2.45) is 0 Å². The van der Waals surface area contributed by atoms with Crippen LogP contribution in [0.5, 0.6) is 0 Å². The van der Waals surface area contributed by atoms with Crippen molar-refractivity contribution in [3.63, 3.8) is 0 Å². The van der Waals surface area contributed by atoms with Crippen molar-refractivity contribution in [1.29, 1.82) is 0 Å². The molecule has 4 aromatic carbocycles. The molecule has 12 heteroatoms. The van der Waals surface area contributed by atoms with E-state index in [0.29, 0.717) is 22.3 Å². The number of fused-ring (bicyclic) bond motifs is 8. The predicted molar refractivity (Wildman–Crippen MR) is 232 cm³/mol. The van der Waals surface area contributed by atoms with Crippen molar-refractivity contribution in [1.82, 2.24) is 19.9 Å². The molecule has 6 N–H and O–H groups in total. The summed E-state index contributed by atoms with van der Waals surface area (Å²) in [5, 5.41) is 33.5. The Morgan fingerprint density at radius 1 is 0.317 bits per heavy atom. The number of nitrogens with zero attached hydrogens (tertiary/aromatic N) is 2. The molecule has 2 aliphatic heterocycles. The Bertz CT molecular complexity index is 2480. The van der Waals surface area contributed by atoms with Crippen molar-refractivity contribution in [3.8, 4) is 0 Å². The lowest BCUT2D eigenvalue weighted by atomic mass is 10.2. The van der Waals surface area contributed by atoms with E-state index in [4.69, 9.17) is 20.4 Å². The first-order valence-corrected chi connectivity index (χ1v) is 18.2. The van der Waals surface area contributed by atoms with Crippen molar-refractivity contribution < 1.29 is 39.6 Å². The van der Waals surface area contributed by atoms with Gasteiger partial charge in [-0.05, 0) is 121 Å². The highest BCUT2D eigenvalue weighted by molar-refractivity contribution is 5.88. The number of carboxylic acid groups (broad SMARTS) is 4. The molecule has 0 fully saturated rings. The molecule has 7 aromatic rings. The Labute approximate surface area is 343 Å². The highest BCUT2D eigenvalue weighted by Crippen LogP contribution is 2.17. The van der Waals surface area contributed by atoms with E-state index in [1.807, 2.05) is 42.5 Å². The maximum Gasteiger partial charge on any atom is 0.335 e. The molecule has 12 nitrogen and oxygen atoms in total. The van der Waals surface area contributed by atoms with Crippen LogP contribution in [0.4, 0.5) is 0 Å². The fraction of sp³-hybridized carbons (Fsp3) is 0. The molecule has 0 saturated heterocycles. The number of carbonyl (C=O) groups is 4. The summed E-state index contributed by atoms with van der Waals surface area (Å²) in [5.74, 6) is -3.52. The molecule has 5 heterocycles. The molecule has 0 unspecified atom stereocenters. The molecule has 0 aliphatic carbocycles. The normalized spacial score (nSPS) is 10.4. The number of aromatic carboxylic acids is 4. The fourth-order valence-electron chi connectivity index (χ4n) is 5.27. The van der Waals surface area contributed by atoms with E-state index >= 15 is 0 Å². The van der Waals surface area contributed by atoms with Gasteiger partial charge in [0.15, 0.2) is 0 Å². The van der Waals surface area contributed by atoms with E-state index < -0.39 is 23.9 Å². The number of aromatic amines is 2. The lowest BCUT2D eigenvalue weighted by Crippen LogP contribution is -1.93. The number of rotatable bonds is 4. The van der Waals surface area contributed by atoms with Crippen molar-refractivity contribution in [3.05, 3.63) is 215 Å². The summed E-state index contributed by atoms with van der Waals surface area (Å²) in [4.78, 5) is 56.8. The van der Waals surface area contributed by atoms with Gasteiger partial charge in [0.1, 0.15) is 0 Å². The van der Waals surface area contributed by atoms with Gasteiger partial charge in [0.05, 0.1) is 45.0 Å². The quantitative estimate of drug-likeness (QED) is 0.0993. The largest absolute Gasteiger partial charge is 0.478 e. The number of hydrogen-bond donors (Lipinski definition) is 6. The maximum absolute atomic E-state index is 10.2.